The molecule has 8 nitrogen and oxygen atoms in total. The van der Waals surface area contributed by atoms with Crippen LogP contribution in [0.3, 0.4) is 0 Å². The first-order valence-corrected chi connectivity index (χ1v) is 10.1. The second-order valence-corrected chi connectivity index (χ2v) is 7.76. The molecule has 1 aromatic heterocycles. The summed E-state index contributed by atoms with van der Waals surface area (Å²) in [6, 6.07) is 3.84. The molecule has 0 unspecified atom stereocenters. The van der Waals surface area contributed by atoms with Gasteiger partial charge in [0.1, 0.15) is 11.9 Å². The van der Waals surface area contributed by atoms with E-state index in [9.17, 15) is 13.6 Å². The van der Waals surface area contributed by atoms with Gasteiger partial charge < -0.3 is 21.1 Å². The predicted octanol–water partition coefficient (Wildman–Crippen LogP) is 3.06. The third-order valence-corrected chi connectivity index (χ3v) is 5.62. The number of primary amides is 1. The van der Waals surface area contributed by atoms with E-state index in [-0.39, 0.29) is 23.8 Å². The zero-order valence-electron chi connectivity index (χ0n) is 16.9. The normalized spacial score (nSPS) is 22.3. The minimum Gasteiger partial charge on any atom is -0.376 e. The van der Waals surface area contributed by atoms with Crippen LogP contribution in [0.4, 0.5) is 26.1 Å². The van der Waals surface area contributed by atoms with E-state index in [4.69, 9.17) is 10.5 Å². The molecule has 1 fully saturated rings. The number of amides is 1. The zero-order chi connectivity index (χ0) is 22.0. The maximum Gasteiger partial charge on any atom is 0.272 e. The fraction of sp³-hybridized carbons (Fsp3) is 0.429. The number of ether oxygens (including phenoxy) is 1. The number of benzene rings is 1. The molecule has 2 aliphatic rings. The number of alkyl halides is 2. The van der Waals surface area contributed by atoms with Gasteiger partial charge in [-0.05, 0) is 49.2 Å². The van der Waals surface area contributed by atoms with Crippen LogP contribution in [0.15, 0.2) is 29.4 Å². The van der Waals surface area contributed by atoms with Crippen molar-refractivity contribution in [2.75, 3.05) is 17.2 Å². The first kappa shape index (κ1) is 21.1. The lowest BCUT2D eigenvalue weighted by molar-refractivity contribution is -0.0543. The molecule has 1 aromatic carbocycles. The van der Waals surface area contributed by atoms with Gasteiger partial charge in [0.25, 0.3) is 11.8 Å². The molecule has 2 aromatic rings. The summed E-state index contributed by atoms with van der Waals surface area (Å²) in [4.78, 5) is 24.0. The molecule has 0 spiro atoms. The summed E-state index contributed by atoms with van der Waals surface area (Å²) in [5.41, 5.74) is 8.37. The van der Waals surface area contributed by atoms with Gasteiger partial charge in [-0.3, -0.25) is 9.79 Å². The van der Waals surface area contributed by atoms with E-state index in [2.05, 4.69) is 32.3 Å². The number of nitrogens with zero attached hydrogens (tertiary/aromatic N) is 3. The number of aliphatic imine (C=N–C) groups is 1. The van der Waals surface area contributed by atoms with Crippen molar-refractivity contribution in [3.8, 4) is 0 Å². The number of nitrogens with one attached hydrogen (secondary N) is 2. The molecule has 0 radical (unpaired) electrons. The van der Waals surface area contributed by atoms with Crippen LogP contribution in [0.5, 0.6) is 0 Å². The Bertz CT molecular complexity index is 1000. The van der Waals surface area contributed by atoms with Crippen LogP contribution in [0.2, 0.25) is 0 Å². The third-order valence-electron chi connectivity index (χ3n) is 5.62. The highest BCUT2D eigenvalue weighted by Crippen LogP contribution is 2.37. The third kappa shape index (κ3) is 4.48. The smallest absolute Gasteiger partial charge is 0.272 e. The summed E-state index contributed by atoms with van der Waals surface area (Å²) in [7, 11) is 0. The van der Waals surface area contributed by atoms with Gasteiger partial charge >= 0.3 is 0 Å². The van der Waals surface area contributed by atoms with Gasteiger partial charge in [0.15, 0.2) is 11.5 Å². The highest BCUT2D eigenvalue weighted by atomic mass is 19.3. The molecular weight excluding hydrogens is 406 g/mol. The van der Waals surface area contributed by atoms with Gasteiger partial charge in [0.05, 0.1) is 25.5 Å². The highest BCUT2D eigenvalue weighted by molar-refractivity contribution is 5.96. The van der Waals surface area contributed by atoms with Crippen LogP contribution in [-0.4, -0.2) is 47.2 Å². The zero-order valence-corrected chi connectivity index (χ0v) is 16.9. The molecule has 0 bridgehead atoms. The van der Waals surface area contributed by atoms with Crippen molar-refractivity contribution in [1.29, 1.82) is 0 Å². The summed E-state index contributed by atoms with van der Waals surface area (Å²) in [5.74, 6) is -3.29. The number of carbonyl (C=O) groups excluding carboxylic acids is 1. The Balaban J connectivity index is 1.59. The van der Waals surface area contributed by atoms with Gasteiger partial charge in [-0.2, -0.15) is 0 Å². The lowest BCUT2D eigenvalue weighted by Crippen LogP contribution is -2.48. The summed E-state index contributed by atoms with van der Waals surface area (Å²) < 4.78 is 33.9. The van der Waals surface area contributed by atoms with Gasteiger partial charge in [-0.25, -0.2) is 18.7 Å². The van der Waals surface area contributed by atoms with Crippen LogP contribution in [0.1, 0.15) is 40.9 Å². The molecule has 4 rings (SSSR count). The number of fused-ring (bicyclic) bond motifs is 1. The SMILES string of the molecule is C=N[C@@H]1[C@H](Nc2cnc(C(N)=O)c(Nc3ccc4c(c3)CCOC4)n2)CCCC1(F)F. The van der Waals surface area contributed by atoms with Crippen molar-refractivity contribution >= 4 is 29.9 Å². The Hall–Kier alpha value is -3.14. The largest absolute Gasteiger partial charge is 0.376 e. The number of carbonyl (C=O) groups is 1. The molecule has 1 aliphatic heterocycles. The minimum atomic E-state index is -2.94. The second-order valence-electron chi connectivity index (χ2n) is 7.76. The average molecular weight is 430 g/mol. The Labute approximate surface area is 178 Å². The van der Waals surface area contributed by atoms with Gasteiger partial charge in [-0.15, -0.1) is 0 Å². The fourth-order valence-corrected chi connectivity index (χ4v) is 4.06. The van der Waals surface area contributed by atoms with E-state index < -0.39 is 23.9 Å². The first-order chi connectivity index (χ1) is 14.9. The van der Waals surface area contributed by atoms with Crippen molar-refractivity contribution in [3.05, 3.63) is 41.2 Å². The molecule has 4 N–H and O–H groups in total. The van der Waals surface area contributed by atoms with Crippen molar-refractivity contribution < 1.29 is 18.3 Å². The average Bonchev–Trinajstić information content (AvgIpc) is 2.73. The quantitative estimate of drug-likeness (QED) is 0.607. The summed E-state index contributed by atoms with van der Waals surface area (Å²) in [5, 5.41) is 6.07. The van der Waals surface area contributed by atoms with Crippen molar-refractivity contribution in [2.24, 2.45) is 10.7 Å². The Kier molecular flexibility index (Phi) is 5.81. The molecule has 0 saturated heterocycles. The standard InChI is InChI=1S/C21H24F2N6O2/c1-25-18-15(3-2-7-21(18,22)23)28-16-10-26-17(19(24)30)20(29-16)27-14-5-4-13-11-31-8-6-12(13)9-14/h4-5,9-10,15,18H,1-3,6-8,11H2,(H2,24,30)(H2,27,28,29)/t15-,18-/m1/s1. The summed E-state index contributed by atoms with van der Waals surface area (Å²) in [6.45, 7) is 4.54. The maximum atomic E-state index is 14.2. The molecule has 31 heavy (non-hydrogen) atoms. The lowest BCUT2D eigenvalue weighted by atomic mass is 9.87. The second kappa shape index (κ2) is 8.54. The van der Waals surface area contributed by atoms with E-state index in [1.165, 1.54) is 6.20 Å². The van der Waals surface area contributed by atoms with Crippen LogP contribution < -0.4 is 16.4 Å². The highest BCUT2D eigenvalue weighted by Gasteiger charge is 2.46. The van der Waals surface area contributed by atoms with Gasteiger partial charge in [0.2, 0.25) is 0 Å². The van der Waals surface area contributed by atoms with Crippen LogP contribution in [0.25, 0.3) is 0 Å². The molecule has 2 atom stereocenters. The first-order valence-electron chi connectivity index (χ1n) is 10.1. The molecule has 2 heterocycles. The van der Waals surface area contributed by atoms with Crippen molar-refractivity contribution in [1.82, 2.24) is 9.97 Å². The van der Waals surface area contributed by atoms with E-state index >= 15 is 0 Å². The number of nitrogens with two attached hydrogens (primary N) is 1. The molecule has 1 amide bonds. The molecule has 10 heteroatoms. The molecule has 1 saturated carbocycles. The number of aromatic nitrogens is 2. The van der Waals surface area contributed by atoms with Crippen molar-refractivity contribution in [3.63, 3.8) is 0 Å². The fourth-order valence-electron chi connectivity index (χ4n) is 4.06. The van der Waals surface area contributed by atoms with E-state index in [0.717, 1.165) is 17.5 Å². The Morgan fingerprint density at radius 2 is 2.19 bits per heavy atom. The van der Waals surface area contributed by atoms with E-state index in [1.807, 2.05) is 18.2 Å². The Morgan fingerprint density at radius 1 is 1.35 bits per heavy atom. The van der Waals surface area contributed by atoms with E-state index in [1.54, 1.807) is 0 Å². The maximum absolute atomic E-state index is 14.2. The summed E-state index contributed by atoms with van der Waals surface area (Å²) in [6.07, 6.45) is 2.72. The van der Waals surface area contributed by atoms with Crippen LogP contribution >= 0.6 is 0 Å². The molecular formula is C21H24F2N6O2. The van der Waals surface area contributed by atoms with Gasteiger partial charge in [-0.1, -0.05) is 6.07 Å². The number of rotatable bonds is 6. The number of halogens is 2. The van der Waals surface area contributed by atoms with Gasteiger partial charge in [0, 0.05) is 12.1 Å². The van der Waals surface area contributed by atoms with Crippen LogP contribution in [0, 0.1) is 0 Å². The topological polar surface area (TPSA) is 115 Å². The Morgan fingerprint density at radius 3 is 2.97 bits per heavy atom. The van der Waals surface area contributed by atoms with Crippen LogP contribution in [-0.2, 0) is 17.8 Å². The number of hydrogen-bond donors (Lipinski definition) is 3. The summed E-state index contributed by atoms with van der Waals surface area (Å²) >= 11 is 0. The number of anilines is 3. The number of hydrogen-bond acceptors (Lipinski definition) is 7. The molecule has 1 aliphatic carbocycles. The van der Waals surface area contributed by atoms with Crippen molar-refractivity contribution in [2.45, 2.75) is 50.3 Å². The van der Waals surface area contributed by atoms with E-state index in [0.29, 0.717) is 31.7 Å². The lowest BCUT2D eigenvalue weighted by Gasteiger charge is -2.35. The minimum absolute atomic E-state index is 0.0426. The monoisotopic (exact) mass is 430 g/mol. The predicted molar refractivity (Wildman–Crippen MR) is 113 cm³/mol. The molecule has 164 valence electrons.